The van der Waals surface area contributed by atoms with Gasteiger partial charge in [0.2, 0.25) is 17.7 Å². The summed E-state index contributed by atoms with van der Waals surface area (Å²) in [6, 6.07) is 4.45. The maximum Gasteiger partial charge on any atom is 0.250 e. The Morgan fingerprint density at radius 1 is 1.00 bits per heavy atom. The van der Waals surface area contributed by atoms with Crippen molar-refractivity contribution in [1.82, 2.24) is 10.2 Å². The molecule has 0 heterocycles. The predicted octanol–water partition coefficient (Wildman–Crippen LogP) is 1.97. The van der Waals surface area contributed by atoms with Crippen molar-refractivity contribution in [3.63, 3.8) is 0 Å². The van der Waals surface area contributed by atoms with Crippen molar-refractivity contribution < 1.29 is 37.1 Å². The van der Waals surface area contributed by atoms with Gasteiger partial charge in [-0.05, 0) is 5.56 Å². The standard InChI is InChI=1S/C26H31F4N5O4/c1-14(11-21(36)35(9-7-31)10-8-32)25(38)34-23(24(37)17-5-3-16(4-6-17)15(2)27)26(39)33-18-12-19(28)22(30)20(29)13-18/h3-6,12-14,23-24,37H,2,7-11,31-32H2,1H3,(H,33,39)(H,34,38). The fraction of sp³-hybridized carbons (Fsp3) is 0.346. The largest absolute Gasteiger partial charge is 0.386 e. The minimum atomic E-state index is -1.75. The van der Waals surface area contributed by atoms with E-state index in [1.807, 2.05) is 0 Å². The molecule has 39 heavy (non-hydrogen) atoms. The molecule has 0 aliphatic heterocycles. The number of amides is 3. The van der Waals surface area contributed by atoms with Crippen molar-refractivity contribution in [3.8, 4) is 0 Å². The maximum atomic E-state index is 13.7. The number of hydrogen-bond donors (Lipinski definition) is 5. The lowest BCUT2D eigenvalue weighted by Gasteiger charge is -2.26. The van der Waals surface area contributed by atoms with Crippen molar-refractivity contribution in [2.45, 2.75) is 25.5 Å². The van der Waals surface area contributed by atoms with Gasteiger partial charge in [-0.25, -0.2) is 17.6 Å². The SMILES string of the molecule is C=C(F)c1ccc(C(O)C(NC(=O)C(C)CC(=O)N(CCN)CCN)C(=O)Nc2cc(F)c(F)c(F)c2)cc1. The van der Waals surface area contributed by atoms with Gasteiger partial charge in [0, 0.05) is 61.9 Å². The molecule has 3 unspecified atom stereocenters. The van der Waals surface area contributed by atoms with Crippen molar-refractivity contribution in [2.75, 3.05) is 31.5 Å². The molecule has 0 bridgehead atoms. The molecule has 2 rings (SSSR count). The zero-order chi connectivity index (χ0) is 29.3. The van der Waals surface area contributed by atoms with Crippen LogP contribution in [0.25, 0.3) is 5.83 Å². The summed E-state index contributed by atoms with van der Waals surface area (Å²) in [7, 11) is 0. The number of benzene rings is 2. The Bertz CT molecular complexity index is 1170. The quantitative estimate of drug-likeness (QED) is 0.189. The summed E-state index contributed by atoms with van der Waals surface area (Å²) in [5, 5.41) is 15.4. The Balaban J connectivity index is 2.30. The van der Waals surface area contributed by atoms with Crippen molar-refractivity contribution >= 4 is 29.2 Å². The van der Waals surface area contributed by atoms with Gasteiger partial charge in [-0.2, -0.15) is 0 Å². The molecule has 212 valence electrons. The summed E-state index contributed by atoms with van der Waals surface area (Å²) in [6.45, 7) is 5.39. The topological polar surface area (TPSA) is 151 Å². The molecule has 0 radical (unpaired) electrons. The van der Waals surface area contributed by atoms with E-state index in [9.17, 15) is 37.1 Å². The van der Waals surface area contributed by atoms with E-state index in [2.05, 4.69) is 17.2 Å². The number of hydrogen-bond acceptors (Lipinski definition) is 6. The lowest BCUT2D eigenvalue weighted by molar-refractivity contribution is -0.137. The fourth-order valence-corrected chi connectivity index (χ4v) is 3.64. The number of carbonyl (C=O) groups excluding carboxylic acids is 3. The van der Waals surface area contributed by atoms with Crippen molar-refractivity contribution in [1.29, 1.82) is 0 Å². The number of carbonyl (C=O) groups is 3. The number of nitrogens with zero attached hydrogens (tertiary/aromatic N) is 1. The second-order valence-electron chi connectivity index (χ2n) is 8.76. The Morgan fingerprint density at radius 3 is 2.03 bits per heavy atom. The van der Waals surface area contributed by atoms with Crippen LogP contribution in [0.2, 0.25) is 0 Å². The Morgan fingerprint density at radius 2 is 1.54 bits per heavy atom. The van der Waals surface area contributed by atoms with Crippen LogP contribution in [0.5, 0.6) is 0 Å². The van der Waals surface area contributed by atoms with Crippen LogP contribution in [0.3, 0.4) is 0 Å². The van der Waals surface area contributed by atoms with E-state index in [4.69, 9.17) is 11.5 Å². The molecule has 0 aliphatic carbocycles. The third-order valence-corrected chi connectivity index (χ3v) is 5.79. The lowest BCUT2D eigenvalue weighted by atomic mass is 9.98. The summed E-state index contributed by atoms with van der Waals surface area (Å²) in [5.41, 5.74) is 10.7. The average Bonchev–Trinajstić information content (AvgIpc) is 2.89. The molecule has 3 atom stereocenters. The fourth-order valence-electron chi connectivity index (χ4n) is 3.64. The molecule has 7 N–H and O–H groups in total. The summed E-state index contributed by atoms with van der Waals surface area (Å²) in [5.74, 6) is -8.91. The first-order valence-electron chi connectivity index (χ1n) is 12.0. The van der Waals surface area contributed by atoms with Crippen LogP contribution in [0.1, 0.15) is 30.6 Å². The van der Waals surface area contributed by atoms with Gasteiger partial charge in [-0.15, -0.1) is 0 Å². The molecular formula is C26H31F4N5O4. The van der Waals surface area contributed by atoms with Crippen LogP contribution < -0.4 is 22.1 Å². The highest BCUT2D eigenvalue weighted by atomic mass is 19.2. The number of halogens is 4. The van der Waals surface area contributed by atoms with E-state index in [0.717, 1.165) is 0 Å². The highest BCUT2D eigenvalue weighted by Gasteiger charge is 2.32. The Kier molecular flexibility index (Phi) is 11.6. The van der Waals surface area contributed by atoms with E-state index >= 15 is 0 Å². The average molecular weight is 554 g/mol. The van der Waals surface area contributed by atoms with Crippen LogP contribution >= 0.6 is 0 Å². The van der Waals surface area contributed by atoms with Crippen LogP contribution in [0.4, 0.5) is 23.2 Å². The first-order chi connectivity index (χ1) is 18.4. The molecule has 13 heteroatoms. The van der Waals surface area contributed by atoms with Crippen LogP contribution in [0, 0.1) is 23.4 Å². The summed E-state index contributed by atoms with van der Waals surface area (Å²) in [6.07, 6.45) is -1.99. The van der Waals surface area contributed by atoms with Gasteiger partial charge < -0.3 is 32.1 Å². The lowest BCUT2D eigenvalue weighted by Crippen LogP contribution is -2.50. The molecule has 0 aromatic heterocycles. The van der Waals surface area contributed by atoms with E-state index in [-0.39, 0.29) is 43.7 Å². The summed E-state index contributed by atoms with van der Waals surface area (Å²) >= 11 is 0. The molecule has 0 saturated carbocycles. The first kappa shape index (κ1) is 31.4. The summed E-state index contributed by atoms with van der Waals surface area (Å²) in [4.78, 5) is 40.0. The normalized spacial score (nSPS) is 13.2. The molecule has 3 amide bonds. The van der Waals surface area contributed by atoms with Crippen molar-refractivity contribution in [2.24, 2.45) is 17.4 Å². The zero-order valence-electron chi connectivity index (χ0n) is 21.2. The number of nitrogens with one attached hydrogen (secondary N) is 2. The molecule has 2 aromatic carbocycles. The van der Waals surface area contributed by atoms with Gasteiger partial charge in [-0.3, -0.25) is 14.4 Å². The molecule has 0 spiro atoms. The number of nitrogens with two attached hydrogens (primary N) is 2. The highest BCUT2D eigenvalue weighted by Crippen LogP contribution is 2.23. The van der Waals surface area contributed by atoms with Gasteiger partial charge in [0.05, 0.1) is 0 Å². The van der Waals surface area contributed by atoms with Crippen LogP contribution in [0.15, 0.2) is 43.0 Å². The second kappa shape index (κ2) is 14.4. The van der Waals surface area contributed by atoms with E-state index in [1.54, 1.807) is 0 Å². The van der Waals surface area contributed by atoms with Gasteiger partial charge in [0.25, 0.3) is 0 Å². The van der Waals surface area contributed by atoms with E-state index in [1.165, 1.54) is 36.1 Å². The predicted molar refractivity (Wildman–Crippen MR) is 137 cm³/mol. The Labute approximate surface area is 222 Å². The third-order valence-electron chi connectivity index (χ3n) is 5.79. The number of anilines is 1. The number of aliphatic hydroxyl groups excluding tert-OH is 1. The van der Waals surface area contributed by atoms with Crippen LogP contribution in [-0.2, 0) is 14.4 Å². The second-order valence-corrected chi connectivity index (χ2v) is 8.76. The molecule has 0 saturated heterocycles. The summed E-state index contributed by atoms with van der Waals surface area (Å²) < 4.78 is 54.0. The van der Waals surface area contributed by atoms with Gasteiger partial charge in [0.1, 0.15) is 18.0 Å². The van der Waals surface area contributed by atoms with Gasteiger partial charge in [-0.1, -0.05) is 37.8 Å². The van der Waals surface area contributed by atoms with E-state index in [0.29, 0.717) is 12.1 Å². The zero-order valence-corrected chi connectivity index (χ0v) is 21.2. The molecule has 0 fully saturated rings. The molecule has 2 aromatic rings. The monoisotopic (exact) mass is 553 g/mol. The molecular weight excluding hydrogens is 522 g/mol. The smallest absolute Gasteiger partial charge is 0.250 e. The molecule has 0 aliphatic rings. The molecule has 9 nitrogen and oxygen atoms in total. The van der Waals surface area contributed by atoms with Gasteiger partial charge >= 0.3 is 0 Å². The van der Waals surface area contributed by atoms with E-state index < -0.39 is 64.8 Å². The third kappa shape index (κ3) is 8.60. The number of rotatable bonds is 13. The minimum Gasteiger partial charge on any atom is -0.386 e. The maximum absolute atomic E-state index is 13.7. The Hall–Kier alpha value is -3.81. The minimum absolute atomic E-state index is 0.0812. The van der Waals surface area contributed by atoms with Crippen molar-refractivity contribution in [3.05, 3.63) is 71.6 Å². The highest BCUT2D eigenvalue weighted by molar-refractivity contribution is 5.98. The first-order valence-corrected chi connectivity index (χ1v) is 12.0. The number of aliphatic hydroxyl groups is 1. The van der Waals surface area contributed by atoms with Crippen LogP contribution in [-0.4, -0.2) is 59.9 Å². The van der Waals surface area contributed by atoms with Gasteiger partial charge in [0.15, 0.2) is 17.5 Å².